The molecule has 0 aromatic heterocycles. The Labute approximate surface area is 116 Å². The minimum atomic E-state index is -4.23. The van der Waals surface area contributed by atoms with Gasteiger partial charge in [-0.05, 0) is 42.0 Å². The average Bonchev–Trinajstić information content (AvgIpc) is 2.36. The van der Waals surface area contributed by atoms with E-state index in [0.29, 0.717) is 16.5 Å². The summed E-state index contributed by atoms with van der Waals surface area (Å²) in [4.78, 5) is 11.2. The molecule has 104 valence electrons. The molecule has 0 aliphatic rings. The zero-order chi connectivity index (χ0) is 14.9. The fourth-order valence-corrected chi connectivity index (χ4v) is 2.14. The van der Waals surface area contributed by atoms with Gasteiger partial charge in [-0.3, -0.25) is 4.55 Å². The van der Waals surface area contributed by atoms with Gasteiger partial charge in [0.1, 0.15) is 5.75 Å². The molecule has 20 heavy (non-hydrogen) atoms. The first kappa shape index (κ1) is 14.2. The van der Waals surface area contributed by atoms with Gasteiger partial charge in [-0.25, -0.2) is 4.79 Å². The standard InChI is InChI=1S/C14H12O5S/c1-9(2)14(15)19-12-5-3-11-8-13(20(16,17)18)6-4-10(11)7-12/h3-8H,1H2,2H3,(H,16,17,18). The Bertz CT molecular complexity index is 805. The Hall–Kier alpha value is -2.18. The number of benzene rings is 2. The highest BCUT2D eigenvalue weighted by Crippen LogP contribution is 2.24. The highest BCUT2D eigenvalue weighted by molar-refractivity contribution is 7.85. The zero-order valence-corrected chi connectivity index (χ0v) is 11.5. The fraction of sp³-hybridized carbons (Fsp3) is 0.0714. The van der Waals surface area contributed by atoms with Crippen molar-refractivity contribution in [3.8, 4) is 5.75 Å². The van der Waals surface area contributed by atoms with Crippen LogP contribution in [0.1, 0.15) is 6.92 Å². The molecule has 0 bridgehead atoms. The second-order valence-electron chi connectivity index (χ2n) is 4.32. The maximum Gasteiger partial charge on any atom is 0.338 e. The van der Waals surface area contributed by atoms with E-state index in [4.69, 9.17) is 9.29 Å². The predicted octanol–water partition coefficient (Wildman–Crippen LogP) is 2.57. The first-order chi connectivity index (χ1) is 9.27. The van der Waals surface area contributed by atoms with Crippen LogP contribution in [0.3, 0.4) is 0 Å². The normalized spacial score (nSPS) is 11.3. The molecule has 0 heterocycles. The zero-order valence-electron chi connectivity index (χ0n) is 10.7. The lowest BCUT2D eigenvalue weighted by Gasteiger charge is -2.06. The van der Waals surface area contributed by atoms with Gasteiger partial charge in [0.2, 0.25) is 0 Å². The third-order valence-electron chi connectivity index (χ3n) is 2.64. The number of hydrogen-bond acceptors (Lipinski definition) is 4. The van der Waals surface area contributed by atoms with Crippen LogP contribution in [0.25, 0.3) is 10.8 Å². The van der Waals surface area contributed by atoms with Crippen LogP contribution < -0.4 is 4.74 Å². The van der Waals surface area contributed by atoms with Crippen LogP contribution in [0.5, 0.6) is 5.75 Å². The molecule has 1 N–H and O–H groups in total. The Morgan fingerprint density at radius 1 is 1.15 bits per heavy atom. The number of esters is 1. The van der Waals surface area contributed by atoms with Gasteiger partial charge in [-0.15, -0.1) is 0 Å². The van der Waals surface area contributed by atoms with Crippen LogP contribution in [0.15, 0.2) is 53.4 Å². The van der Waals surface area contributed by atoms with Crippen molar-refractivity contribution in [3.05, 3.63) is 48.6 Å². The first-order valence-electron chi connectivity index (χ1n) is 5.66. The van der Waals surface area contributed by atoms with E-state index >= 15 is 0 Å². The quantitative estimate of drug-likeness (QED) is 0.407. The Kier molecular flexibility index (Phi) is 3.61. The molecule has 0 saturated heterocycles. The summed E-state index contributed by atoms with van der Waals surface area (Å²) in [7, 11) is -4.23. The minimum Gasteiger partial charge on any atom is -0.423 e. The van der Waals surface area contributed by atoms with Crippen LogP contribution in [0.4, 0.5) is 0 Å². The SMILES string of the molecule is C=C(C)C(=O)Oc1ccc2cc(S(=O)(=O)O)ccc2c1. The molecule has 0 aliphatic carbocycles. The van der Waals surface area contributed by atoms with Crippen LogP contribution in [0, 0.1) is 0 Å². The van der Waals surface area contributed by atoms with Crippen molar-refractivity contribution in [2.45, 2.75) is 11.8 Å². The molecule has 0 radical (unpaired) electrons. The van der Waals surface area contributed by atoms with Crippen molar-refractivity contribution < 1.29 is 22.5 Å². The van der Waals surface area contributed by atoms with Crippen molar-refractivity contribution in [1.82, 2.24) is 0 Å². The van der Waals surface area contributed by atoms with E-state index in [0.717, 1.165) is 0 Å². The Balaban J connectivity index is 2.42. The molecule has 2 rings (SSSR count). The number of fused-ring (bicyclic) bond motifs is 1. The van der Waals surface area contributed by atoms with E-state index < -0.39 is 16.1 Å². The molecule has 5 nitrogen and oxygen atoms in total. The Morgan fingerprint density at radius 3 is 2.35 bits per heavy atom. The van der Waals surface area contributed by atoms with Crippen LogP contribution in [-0.2, 0) is 14.9 Å². The molecule has 0 saturated carbocycles. The molecule has 0 spiro atoms. The summed E-state index contributed by atoms with van der Waals surface area (Å²) in [6, 6.07) is 8.89. The molecular weight excluding hydrogens is 280 g/mol. The number of rotatable bonds is 3. The lowest BCUT2D eigenvalue weighted by molar-refractivity contribution is -0.130. The van der Waals surface area contributed by atoms with E-state index in [1.807, 2.05) is 0 Å². The van der Waals surface area contributed by atoms with E-state index in [9.17, 15) is 13.2 Å². The van der Waals surface area contributed by atoms with Gasteiger partial charge < -0.3 is 4.74 Å². The highest BCUT2D eigenvalue weighted by atomic mass is 32.2. The van der Waals surface area contributed by atoms with Crippen LogP contribution in [0.2, 0.25) is 0 Å². The summed E-state index contributed by atoms with van der Waals surface area (Å²) in [5, 5.41) is 1.29. The smallest absolute Gasteiger partial charge is 0.338 e. The summed E-state index contributed by atoms with van der Waals surface area (Å²) >= 11 is 0. The second-order valence-corrected chi connectivity index (χ2v) is 5.74. The first-order valence-corrected chi connectivity index (χ1v) is 7.10. The summed E-state index contributed by atoms with van der Waals surface area (Å²) < 4.78 is 36.1. The van der Waals surface area contributed by atoms with Gasteiger partial charge >= 0.3 is 5.97 Å². The third kappa shape index (κ3) is 3.04. The maximum atomic E-state index is 11.4. The predicted molar refractivity (Wildman–Crippen MR) is 74.2 cm³/mol. The van der Waals surface area contributed by atoms with Crippen molar-refractivity contribution in [1.29, 1.82) is 0 Å². The van der Waals surface area contributed by atoms with Gasteiger partial charge in [0, 0.05) is 5.57 Å². The monoisotopic (exact) mass is 292 g/mol. The third-order valence-corrected chi connectivity index (χ3v) is 3.49. The molecule has 2 aromatic rings. The summed E-state index contributed by atoms with van der Waals surface area (Å²) in [6.45, 7) is 5.03. The van der Waals surface area contributed by atoms with E-state index in [-0.39, 0.29) is 10.5 Å². The maximum absolute atomic E-state index is 11.4. The number of hydrogen-bond donors (Lipinski definition) is 1. The summed E-state index contributed by atoms with van der Waals surface area (Å²) in [5.41, 5.74) is 0.284. The van der Waals surface area contributed by atoms with E-state index in [2.05, 4.69) is 6.58 Å². The average molecular weight is 292 g/mol. The molecule has 0 unspecified atom stereocenters. The van der Waals surface area contributed by atoms with Crippen LogP contribution in [-0.4, -0.2) is 18.9 Å². The fourth-order valence-electron chi connectivity index (χ4n) is 1.62. The van der Waals surface area contributed by atoms with Crippen molar-refractivity contribution >= 4 is 26.9 Å². The van der Waals surface area contributed by atoms with Gasteiger partial charge in [-0.2, -0.15) is 8.42 Å². The van der Waals surface area contributed by atoms with Gasteiger partial charge in [0.05, 0.1) is 4.90 Å². The van der Waals surface area contributed by atoms with Gasteiger partial charge in [0.25, 0.3) is 10.1 Å². The largest absolute Gasteiger partial charge is 0.423 e. The van der Waals surface area contributed by atoms with Crippen LogP contribution >= 0.6 is 0 Å². The summed E-state index contributed by atoms with van der Waals surface area (Å²) in [5.74, 6) is -0.191. The molecular formula is C14H12O5S. The number of carbonyl (C=O) groups is 1. The van der Waals surface area contributed by atoms with Crippen molar-refractivity contribution in [3.63, 3.8) is 0 Å². The number of carbonyl (C=O) groups excluding carboxylic acids is 1. The lowest BCUT2D eigenvalue weighted by atomic mass is 10.1. The second kappa shape index (κ2) is 5.07. The molecule has 2 aromatic carbocycles. The summed E-state index contributed by atoms with van der Waals surface area (Å²) in [6.07, 6.45) is 0. The van der Waals surface area contributed by atoms with Gasteiger partial charge in [-0.1, -0.05) is 18.7 Å². The topological polar surface area (TPSA) is 80.7 Å². The molecule has 0 amide bonds. The lowest BCUT2D eigenvalue weighted by Crippen LogP contribution is -2.07. The van der Waals surface area contributed by atoms with E-state index in [1.54, 1.807) is 19.1 Å². The molecule has 0 aliphatic heterocycles. The van der Waals surface area contributed by atoms with E-state index in [1.165, 1.54) is 24.3 Å². The molecule has 0 fully saturated rings. The Morgan fingerprint density at radius 2 is 1.75 bits per heavy atom. The van der Waals surface area contributed by atoms with Crippen molar-refractivity contribution in [2.24, 2.45) is 0 Å². The van der Waals surface area contributed by atoms with Gasteiger partial charge in [0.15, 0.2) is 0 Å². The van der Waals surface area contributed by atoms with Crippen molar-refractivity contribution in [2.75, 3.05) is 0 Å². The highest BCUT2D eigenvalue weighted by Gasteiger charge is 2.11. The molecule has 0 atom stereocenters. The number of ether oxygens (including phenoxy) is 1. The molecule has 6 heteroatoms. The minimum absolute atomic E-state index is 0.184.